The van der Waals surface area contributed by atoms with Crippen molar-refractivity contribution < 1.29 is 4.79 Å². The molecule has 1 aromatic rings. The lowest BCUT2D eigenvalue weighted by Gasteiger charge is -2.12. The van der Waals surface area contributed by atoms with Gasteiger partial charge in [-0.2, -0.15) is 4.98 Å². The SMILES string of the molecule is CCCNc1nc(C)cc(NCC(=O)N(C)C)n1. The highest BCUT2D eigenvalue weighted by atomic mass is 16.2. The molecule has 0 bridgehead atoms. The van der Waals surface area contributed by atoms with E-state index in [9.17, 15) is 4.79 Å². The molecule has 0 unspecified atom stereocenters. The summed E-state index contributed by atoms with van der Waals surface area (Å²) in [5.41, 5.74) is 0.864. The first-order valence-corrected chi connectivity index (χ1v) is 6.06. The summed E-state index contributed by atoms with van der Waals surface area (Å²) in [4.78, 5) is 21.6. The zero-order valence-electron chi connectivity index (χ0n) is 11.4. The van der Waals surface area contributed by atoms with Gasteiger partial charge in [-0.25, -0.2) is 4.98 Å². The molecule has 0 aliphatic heterocycles. The molecule has 0 saturated carbocycles. The molecule has 0 saturated heterocycles. The Labute approximate surface area is 108 Å². The van der Waals surface area contributed by atoms with Crippen LogP contribution in [0, 0.1) is 6.92 Å². The Morgan fingerprint density at radius 3 is 2.67 bits per heavy atom. The van der Waals surface area contributed by atoms with Gasteiger partial charge >= 0.3 is 0 Å². The van der Waals surface area contributed by atoms with Gasteiger partial charge < -0.3 is 15.5 Å². The quantitative estimate of drug-likeness (QED) is 0.792. The van der Waals surface area contributed by atoms with E-state index in [0.717, 1.165) is 18.7 Å². The van der Waals surface area contributed by atoms with Gasteiger partial charge in [0.15, 0.2) is 0 Å². The highest BCUT2D eigenvalue weighted by molar-refractivity contribution is 5.80. The average molecular weight is 251 g/mol. The first-order valence-electron chi connectivity index (χ1n) is 6.06. The molecule has 100 valence electrons. The van der Waals surface area contributed by atoms with Crippen LogP contribution in [0.3, 0.4) is 0 Å². The monoisotopic (exact) mass is 251 g/mol. The molecule has 0 radical (unpaired) electrons. The molecule has 0 aliphatic rings. The van der Waals surface area contributed by atoms with E-state index < -0.39 is 0 Å². The van der Waals surface area contributed by atoms with E-state index in [2.05, 4.69) is 27.5 Å². The molecule has 0 atom stereocenters. The number of nitrogens with zero attached hydrogens (tertiary/aromatic N) is 3. The lowest BCUT2D eigenvalue weighted by Crippen LogP contribution is -2.28. The van der Waals surface area contributed by atoms with Gasteiger partial charge in [-0.05, 0) is 13.3 Å². The van der Waals surface area contributed by atoms with Crippen molar-refractivity contribution in [3.05, 3.63) is 11.8 Å². The number of amides is 1. The van der Waals surface area contributed by atoms with Crippen LogP contribution in [-0.4, -0.2) is 48.0 Å². The van der Waals surface area contributed by atoms with Gasteiger partial charge in [0.1, 0.15) is 5.82 Å². The van der Waals surface area contributed by atoms with Crippen LogP contribution in [0.25, 0.3) is 0 Å². The molecular weight excluding hydrogens is 230 g/mol. The minimum Gasteiger partial charge on any atom is -0.361 e. The Morgan fingerprint density at radius 2 is 2.06 bits per heavy atom. The number of anilines is 2. The Morgan fingerprint density at radius 1 is 1.33 bits per heavy atom. The third-order valence-corrected chi connectivity index (χ3v) is 2.31. The highest BCUT2D eigenvalue weighted by Crippen LogP contribution is 2.09. The van der Waals surface area contributed by atoms with Crippen LogP contribution < -0.4 is 10.6 Å². The number of nitrogens with one attached hydrogen (secondary N) is 2. The van der Waals surface area contributed by atoms with Gasteiger partial charge in [0.2, 0.25) is 11.9 Å². The first-order chi connectivity index (χ1) is 8.52. The minimum absolute atomic E-state index is 0.00864. The summed E-state index contributed by atoms with van der Waals surface area (Å²) in [6.45, 7) is 5.05. The first kappa shape index (κ1) is 14.2. The molecule has 0 aliphatic carbocycles. The number of likely N-dealkylation sites (N-methyl/N-ethyl adjacent to an activating group) is 1. The van der Waals surface area contributed by atoms with Crippen LogP contribution in [0.5, 0.6) is 0 Å². The molecule has 1 aromatic heterocycles. The van der Waals surface area contributed by atoms with Crippen LogP contribution in [-0.2, 0) is 4.79 Å². The van der Waals surface area contributed by atoms with Crippen LogP contribution in [0.15, 0.2) is 6.07 Å². The van der Waals surface area contributed by atoms with Gasteiger partial charge in [0.25, 0.3) is 0 Å². The summed E-state index contributed by atoms with van der Waals surface area (Å²) >= 11 is 0. The van der Waals surface area contributed by atoms with Crippen molar-refractivity contribution in [1.29, 1.82) is 0 Å². The Hall–Kier alpha value is -1.85. The van der Waals surface area contributed by atoms with Gasteiger partial charge in [-0.1, -0.05) is 6.92 Å². The van der Waals surface area contributed by atoms with Crippen molar-refractivity contribution in [2.24, 2.45) is 0 Å². The minimum atomic E-state index is 0.00864. The number of aryl methyl sites for hydroxylation is 1. The van der Waals surface area contributed by atoms with Crippen molar-refractivity contribution >= 4 is 17.7 Å². The van der Waals surface area contributed by atoms with E-state index in [1.165, 1.54) is 4.90 Å². The third-order valence-electron chi connectivity index (χ3n) is 2.31. The Kier molecular flexibility index (Phi) is 5.35. The number of carbonyl (C=O) groups is 1. The number of rotatable bonds is 6. The van der Waals surface area contributed by atoms with Crippen molar-refractivity contribution in [2.75, 3.05) is 37.8 Å². The lowest BCUT2D eigenvalue weighted by molar-refractivity contribution is -0.126. The normalized spacial score (nSPS) is 10.0. The predicted octanol–water partition coefficient (Wildman–Crippen LogP) is 1.11. The maximum Gasteiger partial charge on any atom is 0.241 e. The highest BCUT2D eigenvalue weighted by Gasteiger charge is 2.05. The fraction of sp³-hybridized carbons (Fsp3) is 0.583. The molecule has 0 fully saturated rings. The molecule has 18 heavy (non-hydrogen) atoms. The molecule has 1 amide bonds. The molecule has 0 aromatic carbocycles. The van der Waals surface area contributed by atoms with Gasteiger partial charge in [-0.15, -0.1) is 0 Å². The second-order valence-electron chi connectivity index (χ2n) is 4.29. The third kappa shape index (κ3) is 4.57. The van der Waals surface area contributed by atoms with Crippen LogP contribution in [0.1, 0.15) is 19.0 Å². The second kappa shape index (κ2) is 6.78. The molecule has 2 N–H and O–H groups in total. The zero-order chi connectivity index (χ0) is 13.5. The van der Waals surface area contributed by atoms with E-state index in [4.69, 9.17) is 0 Å². The molecule has 0 spiro atoms. The van der Waals surface area contributed by atoms with Gasteiger partial charge in [0.05, 0.1) is 6.54 Å². The predicted molar refractivity (Wildman–Crippen MR) is 72.7 cm³/mol. The summed E-state index contributed by atoms with van der Waals surface area (Å²) < 4.78 is 0. The summed E-state index contributed by atoms with van der Waals surface area (Å²) in [5, 5.41) is 6.13. The van der Waals surface area contributed by atoms with Crippen LogP contribution in [0.2, 0.25) is 0 Å². The Bertz CT molecular complexity index is 405. The van der Waals surface area contributed by atoms with Crippen LogP contribution >= 0.6 is 0 Å². The maximum absolute atomic E-state index is 11.5. The molecule has 1 rings (SSSR count). The van der Waals surface area contributed by atoms with Gasteiger partial charge in [-0.3, -0.25) is 4.79 Å². The fourth-order valence-corrected chi connectivity index (χ4v) is 1.30. The van der Waals surface area contributed by atoms with E-state index in [1.807, 2.05) is 13.0 Å². The molecule has 6 heteroatoms. The molecule has 1 heterocycles. The van der Waals surface area contributed by atoms with E-state index in [0.29, 0.717) is 11.8 Å². The smallest absolute Gasteiger partial charge is 0.241 e. The number of aromatic nitrogens is 2. The summed E-state index contributed by atoms with van der Waals surface area (Å²) in [5.74, 6) is 1.27. The zero-order valence-corrected chi connectivity index (χ0v) is 11.4. The van der Waals surface area contributed by atoms with E-state index in [1.54, 1.807) is 14.1 Å². The van der Waals surface area contributed by atoms with Crippen molar-refractivity contribution in [2.45, 2.75) is 20.3 Å². The summed E-state index contributed by atoms with van der Waals surface area (Å²) in [7, 11) is 3.45. The topological polar surface area (TPSA) is 70.2 Å². The van der Waals surface area contributed by atoms with Crippen molar-refractivity contribution in [1.82, 2.24) is 14.9 Å². The lowest BCUT2D eigenvalue weighted by atomic mass is 10.4. The Balaban J connectivity index is 2.65. The van der Waals surface area contributed by atoms with E-state index in [-0.39, 0.29) is 12.5 Å². The fourth-order valence-electron chi connectivity index (χ4n) is 1.30. The molecular formula is C12H21N5O. The van der Waals surface area contributed by atoms with E-state index >= 15 is 0 Å². The largest absolute Gasteiger partial charge is 0.361 e. The molecule has 6 nitrogen and oxygen atoms in total. The number of carbonyl (C=O) groups excluding carboxylic acids is 1. The average Bonchev–Trinajstić information content (AvgIpc) is 2.32. The van der Waals surface area contributed by atoms with Crippen molar-refractivity contribution in [3.63, 3.8) is 0 Å². The summed E-state index contributed by atoms with van der Waals surface area (Å²) in [6.07, 6.45) is 1.01. The second-order valence-corrected chi connectivity index (χ2v) is 4.29. The number of hydrogen-bond acceptors (Lipinski definition) is 5. The summed E-state index contributed by atoms with van der Waals surface area (Å²) in [6, 6.07) is 1.82. The standard InChI is InChI=1S/C12H21N5O/c1-5-6-13-12-15-9(2)7-10(16-12)14-8-11(18)17(3)4/h7H,5-6,8H2,1-4H3,(H2,13,14,15,16). The van der Waals surface area contributed by atoms with Crippen LogP contribution in [0.4, 0.5) is 11.8 Å². The van der Waals surface area contributed by atoms with Gasteiger partial charge in [0, 0.05) is 32.4 Å². The number of hydrogen-bond donors (Lipinski definition) is 2. The maximum atomic E-state index is 11.5. The van der Waals surface area contributed by atoms with Crippen molar-refractivity contribution in [3.8, 4) is 0 Å².